The number of carbonyl (C=O) groups is 2. The molecular weight excluding hydrogens is 742 g/mol. The Bertz CT molecular complexity index is 853. The van der Waals surface area contributed by atoms with E-state index < -0.39 is 14.3 Å². The van der Waals surface area contributed by atoms with Crippen LogP contribution in [-0.2, 0) is 70.9 Å². The third kappa shape index (κ3) is 40.6. The van der Waals surface area contributed by atoms with E-state index in [0.29, 0.717) is 178 Å². The molecule has 0 rings (SSSR count). The number of hydrogen-bond acceptors (Lipinski definition) is 15. The predicted molar refractivity (Wildman–Crippen MR) is 207 cm³/mol. The van der Waals surface area contributed by atoms with Gasteiger partial charge in [-0.3, -0.25) is 9.59 Å². The van der Waals surface area contributed by atoms with Gasteiger partial charge in [0, 0.05) is 19.6 Å². The molecule has 0 saturated heterocycles. The summed E-state index contributed by atoms with van der Waals surface area (Å²) in [6, 6.07) is 0. The van der Waals surface area contributed by atoms with Crippen molar-refractivity contribution in [2.24, 2.45) is 0 Å². The second-order valence-electron chi connectivity index (χ2n) is 13.6. The van der Waals surface area contributed by atoms with Gasteiger partial charge in [-0.15, -0.1) is 0 Å². The molecule has 0 atom stereocenters. The molecule has 55 heavy (non-hydrogen) atoms. The van der Waals surface area contributed by atoms with Crippen LogP contribution >= 0.6 is 0 Å². The van der Waals surface area contributed by atoms with E-state index in [0.717, 1.165) is 0 Å². The Labute approximate surface area is 331 Å². The number of ether oxygens (including phenoxy) is 12. The lowest BCUT2D eigenvalue weighted by molar-refractivity contribution is -0.138. The van der Waals surface area contributed by atoms with Crippen LogP contribution in [-0.4, -0.2) is 197 Å². The van der Waals surface area contributed by atoms with Crippen LogP contribution in [0, 0.1) is 0 Å². The number of aliphatic carboxylic acids is 1. The second kappa shape index (κ2) is 39.5. The third-order valence-electron chi connectivity index (χ3n) is 7.94. The average molecular weight is 818 g/mol. The Morgan fingerprint density at radius 3 is 0.945 bits per heavy atom. The molecule has 17 nitrogen and oxygen atoms in total. The molecule has 1 amide bonds. The first-order valence-electron chi connectivity index (χ1n) is 19.6. The van der Waals surface area contributed by atoms with Crippen LogP contribution in [0.5, 0.6) is 0 Å². The minimum atomic E-state index is -1.71. The number of amides is 1. The SMILES string of the molecule is CC(C)(C)[Si](C)(C)OCCOCCOCCOCCOCCOCCOCCOCCOCCOCCOCCOCCOCCCNC(=O)CCC(=O)O. The first-order valence-corrected chi connectivity index (χ1v) is 22.5. The van der Waals surface area contributed by atoms with Crippen molar-refractivity contribution in [3.63, 3.8) is 0 Å². The Kier molecular flexibility index (Phi) is 38.5. The van der Waals surface area contributed by atoms with Crippen LogP contribution in [0.25, 0.3) is 0 Å². The topological polar surface area (TPSA) is 186 Å². The molecule has 0 unspecified atom stereocenters. The highest BCUT2D eigenvalue weighted by Gasteiger charge is 2.36. The number of rotatable bonds is 44. The summed E-state index contributed by atoms with van der Waals surface area (Å²) in [7, 11) is -1.71. The van der Waals surface area contributed by atoms with Crippen LogP contribution in [0.3, 0.4) is 0 Å². The highest BCUT2D eigenvalue weighted by atomic mass is 28.4. The predicted octanol–water partition coefficient (Wildman–Crippen LogP) is 2.58. The third-order valence-corrected chi connectivity index (χ3v) is 12.5. The summed E-state index contributed by atoms with van der Waals surface area (Å²) in [6.07, 6.45) is 0.473. The lowest BCUT2D eigenvalue weighted by Gasteiger charge is -2.36. The van der Waals surface area contributed by atoms with Crippen molar-refractivity contribution in [1.82, 2.24) is 5.32 Å². The van der Waals surface area contributed by atoms with Crippen molar-refractivity contribution in [2.75, 3.05) is 172 Å². The van der Waals surface area contributed by atoms with Crippen molar-refractivity contribution < 1.29 is 76.0 Å². The number of carbonyl (C=O) groups excluding carboxylic acids is 1. The Balaban J connectivity index is 3.14. The average Bonchev–Trinajstić information content (AvgIpc) is 3.14. The minimum Gasteiger partial charge on any atom is -0.481 e. The lowest BCUT2D eigenvalue weighted by Crippen LogP contribution is -2.41. The van der Waals surface area contributed by atoms with Crippen LogP contribution in [0.4, 0.5) is 0 Å². The van der Waals surface area contributed by atoms with Crippen molar-refractivity contribution in [2.45, 2.75) is 58.2 Å². The van der Waals surface area contributed by atoms with Crippen molar-refractivity contribution in [3.05, 3.63) is 0 Å². The zero-order chi connectivity index (χ0) is 40.6. The van der Waals surface area contributed by atoms with Gasteiger partial charge < -0.3 is 71.7 Å². The van der Waals surface area contributed by atoms with Gasteiger partial charge in [0.25, 0.3) is 0 Å². The summed E-state index contributed by atoms with van der Waals surface area (Å²) >= 11 is 0. The number of hydrogen-bond donors (Lipinski definition) is 2. The maximum absolute atomic E-state index is 11.4. The maximum Gasteiger partial charge on any atom is 0.303 e. The molecule has 0 aromatic heterocycles. The van der Waals surface area contributed by atoms with Crippen molar-refractivity contribution in [3.8, 4) is 0 Å². The van der Waals surface area contributed by atoms with E-state index in [1.807, 2.05) is 0 Å². The van der Waals surface area contributed by atoms with E-state index in [-0.39, 0.29) is 23.8 Å². The molecule has 0 aromatic rings. The van der Waals surface area contributed by atoms with E-state index in [9.17, 15) is 9.59 Å². The van der Waals surface area contributed by atoms with Crippen molar-refractivity contribution in [1.29, 1.82) is 0 Å². The van der Waals surface area contributed by atoms with Crippen LogP contribution < -0.4 is 5.32 Å². The number of carboxylic acid groups (broad SMARTS) is 1. The van der Waals surface area contributed by atoms with E-state index in [2.05, 4.69) is 39.2 Å². The van der Waals surface area contributed by atoms with Gasteiger partial charge in [0.05, 0.1) is 165 Å². The van der Waals surface area contributed by atoms with Crippen molar-refractivity contribution >= 4 is 20.2 Å². The van der Waals surface area contributed by atoms with Gasteiger partial charge in [-0.05, 0) is 24.6 Å². The zero-order valence-electron chi connectivity index (χ0n) is 34.6. The molecule has 0 fully saturated rings. The standard InChI is InChI=1S/C37H75NO16Si/c1-37(2,3)55(4,5)54-34-33-53-32-31-52-30-29-51-28-27-50-26-25-49-24-23-48-22-21-47-20-19-46-18-17-45-16-15-44-14-13-43-12-11-42-10-6-9-38-35(39)7-8-36(40)41/h6-34H2,1-5H3,(H,38,39)(H,40,41). The number of carboxylic acids is 1. The van der Waals surface area contributed by atoms with Crippen LogP contribution in [0.2, 0.25) is 18.1 Å². The van der Waals surface area contributed by atoms with Gasteiger partial charge in [-0.25, -0.2) is 0 Å². The summed E-state index contributed by atoms with van der Waals surface area (Å²) in [4.78, 5) is 21.8. The smallest absolute Gasteiger partial charge is 0.303 e. The Morgan fingerprint density at radius 2 is 0.691 bits per heavy atom. The molecule has 0 aliphatic heterocycles. The Morgan fingerprint density at radius 1 is 0.436 bits per heavy atom. The molecule has 0 spiro atoms. The fourth-order valence-corrected chi connectivity index (χ4v) is 4.83. The normalized spacial score (nSPS) is 12.1. The highest BCUT2D eigenvalue weighted by Crippen LogP contribution is 2.36. The largest absolute Gasteiger partial charge is 0.481 e. The molecule has 18 heteroatoms. The van der Waals surface area contributed by atoms with Crippen LogP contribution in [0.15, 0.2) is 0 Å². The summed E-state index contributed by atoms with van der Waals surface area (Å²) in [5.41, 5.74) is 0. The summed E-state index contributed by atoms with van der Waals surface area (Å²) < 4.78 is 71.9. The summed E-state index contributed by atoms with van der Waals surface area (Å²) in [5, 5.41) is 11.4. The molecule has 0 radical (unpaired) electrons. The zero-order valence-corrected chi connectivity index (χ0v) is 35.6. The second-order valence-corrected chi connectivity index (χ2v) is 18.4. The first kappa shape index (κ1) is 53.6. The fourth-order valence-electron chi connectivity index (χ4n) is 3.80. The van der Waals surface area contributed by atoms with Gasteiger partial charge in [-0.1, -0.05) is 20.8 Å². The first-order chi connectivity index (χ1) is 26.6. The molecular formula is C37H75NO16Si. The lowest BCUT2D eigenvalue weighted by atomic mass is 10.2. The molecule has 328 valence electrons. The van der Waals surface area contributed by atoms with Crippen LogP contribution in [0.1, 0.15) is 40.0 Å². The molecule has 0 bridgehead atoms. The van der Waals surface area contributed by atoms with E-state index in [1.54, 1.807) is 0 Å². The van der Waals surface area contributed by atoms with Gasteiger partial charge in [0.1, 0.15) is 0 Å². The molecule has 0 aromatic carbocycles. The molecule has 0 aliphatic rings. The van der Waals surface area contributed by atoms with Gasteiger partial charge in [0.2, 0.25) is 5.91 Å². The van der Waals surface area contributed by atoms with E-state index >= 15 is 0 Å². The number of nitrogens with one attached hydrogen (secondary N) is 1. The maximum atomic E-state index is 11.4. The monoisotopic (exact) mass is 817 g/mol. The fraction of sp³-hybridized carbons (Fsp3) is 0.946. The minimum absolute atomic E-state index is 0.0116. The molecule has 0 saturated carbocycles. The van der Waals surface area contributed by atoms with Gasteiger partial charge in [0.15, 0.2) is 8.32 Å². The molecule has 0 aliphatic carbocycles. The highest BCUT2D eigenvalue weighted by molar-refractivity contribution is 6.74. The van der Waals surface area contributed by atoms with Gasteiger partial charge in [-0.2, -0.15) is 0 Å². The van der Waals surface area contributed by atoms with E-state index in [4.69, 9.17) is 66.4 Å². The quantitative estimate of drug-likeness (QED) is 0.0675. The Hall–Kier alpha value is -1.36. The van der Waals surface area contributed by atoms with E-state index in [1.165, 1.54) is 0 Å². The molecule has 0 heterocycles. The molecule has 2 N–H and O–H groups in total. The van der Waals surface area contributed by atoms with Gasteiger partial charge >= 0.3 is 5.97 Å². The summed E-state index contributed by atoms with van der Waals surface area (Å²) in [5.74, 6) is -1.25. The summed E-state index contributed by atoms with van der Waals surface area (Å²) in [6.45, 7) is 24.1.